The SMILES string of the molecule is [CH2]c1ccc(Nc2ccc(N3CCC(C(F)(F)F)CC3)cc2)cc1. The van der Waals surface area contributed by atoms with Crippen LogP contribution in [-0.4, -0.2) is 19.3 Å². The van der Waals surface area contributed by atoms with E-state index in [4.69, 9.17) is 0 Å². The highest BCUT2D eigenvalue weighted by molar-refractivity contribution is 5.63. The van der Waals surface area contributed by atoms with Gasteiger partial charge in [-0.05, 0) is 61.7 Å². The van der Waals surface area contributed by atoms with E-state index in [-0.39, 0.29) is 12.8 Å². The molecule has 1 radical (unpaired) electrons. The van der Waals surface area contributed by atoms with Crippen molar-refractivity contribution in [2.75, 3.05) is 23.3 Å². The Balaban J connectivity index is 1.60. The van der Waals surface area contributed by atoms with Gasteiger partial charge < -0.3 is 10.2 Å². The Morgan fingerprint density at radius 1 is 0.875 bits per heavy atom. The smallest absolute Gasteiger partial charge is 0.372 e. The van der Waals surface area contributed by atoms with E-state index in [0.717, 1.165) is 22.6 Å². The average molecular weight is 333 g/mol. The largest absolute Gasteiger partial charge is 0.391 e. The first-order valence-electron chi connectivity index (χ1n) is 8.02. The minimum atomic E-state index is -4.07. The normalized spacial score (nSPS) is 16.2. The van der Waals surface area contributed by atoms with E-state index in [1.165, 1.54) is 0 Å². The van der Waals surface area contributed by atoms with Crippen molar-refractivity contribution in [3.8, 4) is 0 Å². The number of hydrogen-bond donors (Lipinski definition) is 1. The summed E-state index contributed by atoms with van der Waals surface area (Å²) in [6.45, 7) is 4.74. The number of halogens is 3. The van der Waals surface area contributed by atoms with Crippen LogP contribution in [0.15, 0.2) is 48.5 Å². The molecular formula is C19H20F3N2. The lowest BCUT2D eigenvalue weighted by Gasteiger charge is -2.34. The van der Waals surface area contributed by atoms with Crippen molar-refractivity contribution >= 4 is 17.1 Å². The van der Waals surface area contributed by atoms with Crippen LogP contribution in [0.5, 0.6) is 0 Å². The molecule has 1 fully saturated rings. The molecule has 24 heavy (non-hydrogen) atoms. The summed E-state index contributed by atoms with van der Waals surface area (Å²) in [5, 5.41) is 3.29. The average Bonchev–Trinajstić information content (AvgIpc) is 2.57. The highest BCUT2D eigenvalue weighted by atomic mass is 19.4. The zero-order valence-corrected chi connectivity index (χ0v) is 13.3. The molecule has 1 heterocycles. The maximum Gasteiger partial charge on any atom is 0.391 e. The molecule has 2 nitrogen and oxygen atoms in total. The minimum absolute atomic E-state index is 0.168. The number of benzene rings is 2. The van der Waals surface area contributed by atoms with Crippen LogP contribution in [0.2, 0.25) is 0 Å². The van der Waals surface area contributed by atoms with Crippen LogP contribution in [0.4, 0.5) is 30.2 Å². The third-order valence-corrected chi connectivity index (χ3v) is 4.43. The molecule has 2 aromatic rings. The lowest BCUT2D eigenvalue weighted by atomic mass is 9.96. The molecule has 127 valence electrons. The van der Waals surface area contributed by atoms with Crippen LogP contribution >= 0.6 is 0 Å². The number of anilines is 3. The highest BCUT2D eigenvalue weighted by Crippen LogP contribution is 2.35. The Labute approximate surface area is 140 Å². The number of rotatable bonds is 3. The molecule has 0 unspecified atom stereocenters. The van der Waals surface area contributed by atoms with Crippen molar-refractivity contribution in [2.45, 2.75) is 19.0 Å². The van der Waals surface area contributed by atoms with E-state index < -0.39 is 12.1 Å². The van der Waals surface area contributed by atoms with Gasteiger partial charge in [-0.25, -0.2) is 0 Å². The fourth-order valence-electron chi connectivity index (χ4n) is 2.98. The van der Waals surface area contributed by atoms with E-state index in [0.29, 0.717) is 13.1 Å². The second-order valence-corrected chi connectivity index (χ2v) is 6.17. The van der Waals surface area contributed by atoms with E-state index in [2.05, 4.69) is 12.2 Å². The molecule has 0 bridgehead atoms. The van der Waals surface area contributed by atoms with E-state index >= 15 is 0 Å². The molecule has 1 N–H and O–H groups in total. The van der Waals surface area contributed by atoms with Gasteiger partial charge >= 0.3 is 6.18 Å². The first-order valence-corrected chi connectivity index (χ1v) is 8.02. The van der Waals surface area contributed by atoms with Crippen LogP contribution in [0.3, 0.4) is 0 Å². The van der Waals surface area contributed by atoms with Crippen LogP contribution in [0.1, 0.15) is 18.4 Å². The van der Waals surface area contributed by atoms with Gasteiger partial charge in [0.25, 0.3) is 0 Å². The predicted octanol–water partition coefficient (Wildman–Crippen LogP) is 5.39. The molecule has 3 rings (SSSR count). The molecule has 0 aromatic heterocycles. The molecule has 0 atom stereocenters. The number of piperidine rings is 1. The van der Waals surface area contributed by atoms with Gasteiger partial charge in [0.2, 0.25) is 0 Å². The maximum atomic E-state index is 12.7. The summed E-state index contributed by atoms with van der Waals surface area (Å²) in [5.41, 5.74) is 3.84. The van der Waals surface area contributed by atoms with Crippen LogP contribution in [-0.2, 0) is 0 Å². The molecule has 2 aromatic carbocycles. The van der Waals surface area contributed by atoms with Gasteiger partial charge in [0.05, 0.1) is 5.92 Å². The van der Waals surface area contributed by atoms with E-state index in [9.17, 15) is 13.2 Å². The standard InChI is InChI=1S/C19H20F3N2/c1-14-2-4-16(5-3-14)23-17-6-8-18(9-7-17)24-12-10-15(11-13-24)19(20,21)22/h2-9,15,23H,1,10-13H2. The predicted molar refractivity (Wildman–Crippen MR) is 91.6 cm³/mol. The van der Waals surface area contributed by atoms with E-state index in [1.807, 2.05) is 53.4 Å². The number of nitrogens with one attached hydrogen (secondary N) is 1. The topological polar surface area (TPSA) is 15.3 Å². The van der Waals surface area contributed by atoms with Gasteiger partial charge in [0.1, 0.15) is 0 Å². The molecule has 1 aliphatic heterocycles. The molecule has 1 saturated heterocycles. The number of hydrogen-bond acceptors (Lipinski definition) is 2. The molecule has 0 aliphatic carbocycles. The van der Waals surface area contributed by atoms with Gasteiger partial charge in [0, 0.05) is 30.2 Å². The Kier molecular flexibility index (Phi) is 4.69. The summed E-state index contributed by atoms with van der Waals surface area (Å²) in [6, 6.07) is 15.6. The van der Waals surface area contributed by atoms with Crippen molar-refractivity contribution in [2.24, 2.45) is 5.92 Å². The lowest BCUT2D eigenvalue weighted by Crippen LogP contribution is -2.38. The zero-order chi connectivity index (χ0) is 17.2. The zero-order valence-electron chi connectivity index (χ0n) is 13.3. The Bertz CT molecular complexity index is 655. The van der Waals surface area contributed by atoms with Gasteiger partial charge in [-0.2, -0.15) is 13.2 Å². The Hall–Kier alpha value is -2.17. The minimum Gasteiger partial charge on any atom is -0.372 e. The third-order valence-electron chi connectivity index (χ3n) is 4.43. The molecule has 0 spiro atoms. The van der Waals surface area contributed by atoms with Gasteiger partial charge in [0.15, 0.2) is 0 Å². The van der Waals surface area contributed by atoms with E-state index in [1.54, 1.807) is 0 Å². The summed E-state index contributed by atoms with van der Waals surface area (Å²) in [7, 11) is 0. The first-order chi connectivity index (χ1) is 11.4. The van der Waals surface area contributed by atoms with Crippen molar-refractivity contribution in [1.82, 2.24) is 0 Å². The van der Waals surface area contributed by atoms with Crippen molar-refractivity contribution in [1.29, 1.82) is 0 Å². The van der Waals surface area contributed by atoms with Gasteiger partial charge in [-0.1, -0.05) is 12.1 Å². The van der Waals surface area contributed by atoms with Crippen LogP contribution in [0.25, 0.3) is 0 Å². The number of alkyl halides is 3. The summed E-state index contributed by atoms with van der Waals surface area (Å²) in [6.07, 6.45) is -3.73. The van der Waals surface area contributed by atoms with Crippen molar-refractivity contribution < 1.29 is 13.2 Å². The van der Waals surface area contributed by atoms with Crippen LogP contribution < -0.4 is 10.2 Å². The molecular weight excluding hydrogens is 313 g/mol. The third kappa shape index (κ3) is 4.02. The molecule has 0 amide bonds. The molecule has 5 heteroatoms. The van der Waals surface area contributed by atoms with Crippen molar-refractivity contribution in [3.63, 3.8) is 0 Å². The summed E-state index contributed by atoms with van der Waals surface area (Å²) < 4.78 is 38.2. The van der Waals surface area contributed by atoms with Gasteiger partial charge in [-0.3, -0.25) is 0 Å². The fourth-order valence-corrected chi connectivity index (χ4v) is 2.98. The summed E-state index contributed by atoms with van der Waals surface area (Å²) in [4.78, 5) is 2.02. The second-order valence-electron chi connectivity index (χ2n) is 6.17. The first kappa shape index (κ1) is 16.7. The maximum absolute atomic E-state index is 12.7. The van der Waals surface area contributed by atoms with Crippen LogP contribution in [0, 0.1) is 12.8 Å². The summed E-state index contributed by atoms with van der Waals surface area (Å²) in [5.74, 6) is -1.16. The summed E-state index contributed by atoms with van der Waals surface area (Å²) >= 11 is 0. The quantitative estimate of drug-likeness (QED) is 0.810. The monoisotopic (exact) mass is 333 g/mol. The molecule has 1 aliphatic rings. The fraction of sp³-hybridized carbons (Fsp3) is 0.316. The van der Waals surface area contributed by atoms with Crippen molar-refractivity contribution in [3.05, 3.63) is 61.0 Å². The lowest BCUT2D eigenvalue weighted by molar-refractivity contribution is -0.179. The Morgan fingerprint density at radius 2 is 1.38 bits per heavy atom. The van der Waals surface area contributed by atoms with Gasteiger partial charge in [-0.15, -0.1) is 0 Å². The Morgan fingerprint density at radius 3 is 1.88 bits per heavy atom. The molecule has 0 saturated carbocycles. The number of nitrogens with zero attached hydrogens (tertiary/aromatic N) is 1. The highest BCUT2D eigenvalue weighted by Gasteiger charge is 2.41. The second kappa shape index (κ2) is 6.75.